The Balaban J connectivity index is 1.60. The van der Waals surface area contributed by atoms with E-state index in [1.807, 2.05) is 6.07 Å². The normalized spacial score (nSPS) is 25.5. The molecule has 0 spiro atoms. The molecule has 1 aromatic rings. The topological polar surface area (TPSA) is 84.0 Å². The maximum Gasteiger partial charge on any atom is 0.152 e. The molecule has 1 aliphatic carbocycles. The number of nitrogens with zero attached hydrogens (tertiary/aromatic N) is 2. The number of rotatable bonds is 4. The minimum absolute atomic E-state index is 0.0365. The number of aromatic nitrogens is 2. The summed E-state index contributed by atoms with van der Waals surface area (Å²) in [4.78, 5) is 8.49. The fourth-order valence-electron chi connectivity index (χ4n) is 3.27. The Hall–Kier alpha value is -1.37. The summed E-state index contributed by atoms with van der Waals surface area (Å²) in [6, 6.07) is 2.33. The van der Waals surface area contributed by atoms with Crippen LogP contribution in [-0.4, -0.2) is 42.0 Å². The van der Waals surface area contributed by atoms with Crippen LogP contribution < -0.4 is 10.6 Å². The second kappa shape index (κ2) is 6.81. The Labute approximate surface area is 132 Å². The maximum atomic E-state index is 11.5. The van der Waals surface area contributed by atoms with Crippen LogP contribution in [0.5, 0.6) is 0 Å². The highest BCUT2D eigenvalue weighted by atomic mass is 32.2. The molecule has 22 heavy (non-hydrogen) atoms. The van der Waals surface area contributed by atoms with Gasteiger partial charge in [-0.2, -0.15) is 0 Å². The van der Waals surface area contributed by atoms with Gasteiger partial charge < -0.3 is 10.6 Å². The summed E-state index contributed by atoms with van der Waals surface area (Å²) in [7, 11) is -2.87. The average Bonchev–Trinajstić information content (AvgIpc) is 2.67. The predicted octanol–water partition coefficient (Wildman–Crippen LogP) is 2.21. The van der Waals surface area contributed by atoms with Gasteiger partial charge in [-0.1, -0.05) is 25.7 Å². The van der Waals surface area contributed by atoms with E-state index in [9.17, 15) is 8.42 Å². The third-order valence-electron chi connectivity index (χ3n) is 4.46. The number of hydrogen-bond donors (Lipinski definition) is 2. The molecular weight excluding hydrogens is 300 g/mol. The summed E-state index contributed by atoms with van der Waals surface area (Å²) in [5.41, 5.74) is 0. The molecular formula is C15H24N4O2S. The zero-order valence-electron chi connectivity index (χ0n) is 12.8. The van der Waals surface area contributed by atoms with E-state index in [2.05, 4.69) is 20.6 Å². The van der Waals surface area contributed by atoms with Crippen LogP contribution in [-0.2, 0) is 9.84 Å². The van der Waals surface area contributed by atoms with E-state index in [1.165, 1.54) is 44.9 Å². The van der Waals surface area contributed by atoms with Gasteiger partial charge in [0.25, 0.3) is 0 Å². The van der Waals surface area contributed by atoms with Crippen molar-refractivity contribution in [1.82, 2.24) is 9.97 Å². The van der Waals surface area contributed by atoms with E-state index in [0.717, 1.165) is 5.82 Å². The first kappa shape index (κ1) is 15.5. The van der Waals surface area contributed by atoms with Crippen molar-refractivity contribution in [1.29, 1.82) is 0 Å². The van der Waals surface area contributed by atoms with Gasteiger partial charge in [-0.3, -0.25) is 0 Å². The van der Waals surface area contributed by atoms with Crippen LogP contribution in [0.1, 0.15) is 44.9 Å². The third kappa shape index (κ3) is 4.32. The van der Waals surface area contributed by atoms with Crippen molar-refractivity contribution in [2.45, 2.75) is 57.0 Å². The van der Waals surface area contributed by atoms with Crippen molar-refractivity contribution >= 4 is 21.5 Å². The monoisotopic (exact) mass is 324 g/mol. The summed E-state index contributed by atoms with van der Waals surface area (Å²) in [6.07, 6.45) is 9.75. The SMILES string of the molecule is O=S1(=O)CCC(Nc2cc(NC3CCCCCC3)ncn2)C1. The van der Waals surface area contributed by atoms with E-state index in [1.54, 1.807) is 0 Å². The molecule has 7 heteroatoms. The molecule has 6 nitrogen and oxygen atoms in total. The van der Waals surface area contributed by atoms with Gasteiger partial charge in [-0.15, -0.1) is 0 Å². The predicted molar refractivity (Wildman–Crippen MR) is 87.8 cm³/mol. The molecule has 0 aromatic carbocycles. The molecule has 2 N–H and O–H groups in total. The molecule has 0 radical (unpaired) electrons. The first-order chi connectivity index (χ1) is 10.6. The fourth-order valence-corrected chi connectivity index (χ4v) is 4.94. The van der Waals surface area contributed by atoms with E-state index < -0.39 is 9.84 Å². The summed E-state index contributed by atoms with van der Waals surface area (Å²) >= 11 is 0. The van der Waals surface area contributed by atoms with Crippen molar-refractivity contribution < 1.29 is 8.42 Å². The van der Waals surface area contributed by atoms with E-state index in [0.29, 0.717) is 18.3 Å². The molecule has 1 atom stereocenters. The van der Waals surface area contributed by atoms with Gasteiger partial charge in [-0.25, -0.2) is 18.4 Å². The molecule has 1 unspecified atom stereocenters. The van der Waals surface area contributed by atoms with E-state index >= 15 is 0 Å². The Morgan fingerprint density at radius 3 is 2.14 bits per heavy atom. The summed E-state index contributed by atoms with van der Waals surface area (Å²) in [5, 5.41) is 6.71. The zero-order valence-corrected chi connectivity index (χ0v) is 13.6. The molecule has 1 saturated carbocycles. The second-order valence-electron chi connectivity index (χ2n) is 6.37. The summed E-state index contributed by atoms with van der Waals surface area (Å²) < 4.78 is 23.0. The van der Waals surface area contributed by atoms with Crippen molar-refractivity contribution in [3.05, 3.63) is 12.4 Å². The summed E-state index contributed by atoms with van der Waals surface area (Å²) in [6.45, 7) is 0. The van der Waals surface area contributed by atoms with Crippen LogP contribution in [0.25, 0.3) is 0 Å². The minimum atomic E-state index is -2.87. The van der Waals surface area contributed by atoms with Gasteiger partial charge in [0.05, 0.1) is 11.5 Å². The van der Waals surface area contributed by atoms with Crippen LogP contribution in [0.4, 0.5) is 11.6 Å². The van der Waals surface area contributed by atoms with Crippen LogP contribution in [0, 0.1) is 0 Å². The number of hydrogen-bond acceptors (Lipinski definition) is 6. The van der Waals surface area contributed by atoms with E-state index in [-0.39, 0.29) is 17.5 Å². The number of nitrogens with one attached hydrogen (secondary N) is 2. The van der Waals surface area contributed by atoms with Crippen LogP contribution in [0.3, 0.4) is 0 Å². The smallest absolute Gasteiger partial charge is 0.152 e. The van der Waals surface area contributed by atoms with Crippen molar-refractivity contribution in [2.24, 2.45) is 0 Å². The molecule has 2 heterocycles. The Morgan fingerprint density at radius 1 is 0.909 bits per heavy atom. The van der Waals surface area contributed by atoms with Crippen LogP contribution in [0.2, 0.25) is 0 Å². The third-order valence-corrected chi connectivity index (χ3v) is 6.23. The quantitative estimate of drug-likeness (QED) is 0.826. The Morgan fingerprint density at radius 2 is 1.55 bits per heavy atom. The second-order valence-corrected chi connectivity index (χ2v) is 8.59. The average molecular weight is 324 g/mol. The highest BCUT2D eigenvalue weighted by Gasteiger charge is 2.28. The lowest BCUT2D eigenvalue weighted by Gasteiger charge is -2.18. The van der Waals surface area contributed by atoms with Crippen LogP contribution in [0.15, 0.2) is 12.4 Å². The highest BCUT2D eigenvalue weighted by Crippen LogP contribution is 2.22. The molecule has 1 aromatic heterocycles. The van der Waals surface area contributed by atoms with E-state index in [4.69, 9.17) is 0 Å². The van der Waals surface area contributed by atoms with Gasteiger partial charge >= 0.3 is 0 Å². The standard InChI is InChI=1S/C15H24N4O2S/c20-22(21)8-7-13(10-22)19-15-9-14(16-11-17-15)18-12-5-3-1-2-4-6-12/h9,11-13H,1-8,10H2,(H2,16,17,18,19). The summed E-state index contributed by atoms with van der Waals surface area (Å²) in [5.74, 6) is 1.99. The van der Waals surface area contributed by atoms with Gasteiger partial charge in [0.15, 0.2) is 9.84 Å². The lowest BCUT2D eigenvalue weighted by molar-refractivity contribution is 0.602. The molecule has 1 aliphatic heterocycles. The van der Waals surface area contributed by atoms with Crippen molar-refractivity contribution in [3.63, 3.8) is 0 Å². The fraction of sp³-hybridized carbons (Fsp3) is 0.733. The lowest BCUT2D eigenvalue weighted by Crippen LogP contribution is -2.22. The van der Waals surface area contributed by atoms with Crippen molar-refractivity contribution in [3.8, 4) is 0 Å². The largest absolute Gasteiger partial charge is 0.367 e. The first-order valence-electron chi connectivity index (χ1n) is 8.16. The molecule has 3 rings (SSSR count). The minimum Gasteiger partial charge on any atom is -0.367 e. The van der Waals surface area contributed by atoms with Gasteiger partial charge in [-0.05, 0) is 19.3 Å². The number of anilines is 2. The van der Waals surface area contributed by atoms with Crippen LogP contribution >= 0.6 is 0 Å². The molecule has 0 amide bonds. The Kier molecular flexibility index (Phi) is 4.81. The van der Waals surface area contributed by atoms with Crippen molar-refractivity contribution in [2.75, 3.05) is 22.1 Å². The van der Waals surface area contributed by atoms with Gasteiger partial charge in [0.2, 0.25) is 0 Å². The van der Waals surface area contributed by atoms with Gasteiger partial charge in [0, 0.05) is 18.2 Å². The number of sulfone groups is 1. The molecule has 0 bridgehead atoms. The first-order valence-corrected chi connectivity index (χ1v) is 9.98. The zero-order chi connectivity index (χ0) is 15.4. The maximum absolute atomic E-state index is 11.5. The molecule has 2 aliphatic rings. The Bertz CT molecular complexity index is 597. The lowest BCUT2D eigenvalue weighted by atomic mass is 10.1. The molecule has 2 fully saturated rings. The molecule has 1 saturated heterocycles. The molecule has 122 valence electrons. The highest BCUT2D eigenvalue weighted by molar-refractivity contribution is 7.91. The van der Waals surface area contributed by atoms with Gasteiger partial charge in [0.1, 0.15) is 18.0 Å².